The lowest BCUT2D eigenvalue weighted by molar-refractivity contribution is -0.137. The van der Waals surface area contributed by atoms with Gasteiger partial charge in [-0.3, -0.25) is 0 Å². The molecule has 7 heteroatoms. The topological polar surface area (TPSA) is 53.1 Å². The van der Waals surface area contributed by atoms with E-state index in [1.165, 1.54) is 0 Å². The molecular weight excluding hydrogens is 242 g/mol. The van der Waals surface area contributed by atoms with Gasteiger partial charge in [-0.15, -0.1) is 0 Å². The van der Waals surface area contributed by atoms with Crippen LogP contribution in [0.15, 0.2) is 18.2 Å². The Labute approximate surface area is 91.7 Å². The van der Waals surface area contributed by atoms with Crippen molar-refractivity contribution in [2.75, 3.05) is 0 Å². The van der Waals surface area contributed by atoms with Crippen molar-refractivity contribution in [3.63, 3.8) is 0 Å². The Morgan fingerprint density at radius 1 is 1.24 bits per heavy atom. The molecule has 0 bridgehead atoms. The van der Waals surface area contributed by atoms with Crippen LogP contribution in [0.2, 0.25) is 0 Å². The smallest absolute Gasteiger partial charge is 0.416 e. The Kier molecular flexibility index (Phi) is 2.34. The molecule has 1 aromatic heterocycles. The van der Waals surface area contributed by atoms with E-state index in [2.05, 4.69) is 4.98 Å². The molecule has 0 saturated carbocycles. The van der Waals surface area contributed by atoms with Gasteiger partial charge in [0, 0.05) is 10.9 Å². The first kappa shape index (κ1) is 11.4. The molecule has 0 atom stereocenters. The fourth-order valence-corrected chi connectivity index (χ4v) is 1.47. The van der Waals surface area contributed by atoms with Gasteiger partial charge >= 0.3 is 12.1 Å². The van der Waals surface area contributed by atoms with Crippen LogP contribution >= 0.6 is 0 Å². The average molecular weight is 247 g/mol. The molecule has 1 aromatic carbocycles. The van der Waals surface area contributed by atoms with Gasteiger partial charge in [0.05, 0.1) is 5.56 Å². The van der Waals surface area contributed by atoms with Crippen LogP contribution in [0.3, 0.4) is 0 Å². The molecule has 90 valence electrons. The molecule has 0 saturated heterocycles. The van der Waals surface area contributed by atoms with Crippen LogP contribution in [0.25, 0.3) is 10.9 Å². The quantitative estimate of drug-likeness (QED) is 0.761. The number of carbonyl (C=O) groups is 1. The van der Waals surface area contributed by atoms with E-state index in [1.54, 1.807) is 0 Å². The normalized spacial score (nSPS) is 12.0. The molecule has 3 nitrogen and oxygen atoms in total. The van der Waals surface area contributed by atoms with Crippen molar-refractivity contribution >= 4 is 16.9 Å². The third-order valence-electron chi connectivity index (χ3n) is 2.25. The van der Waals surface area contributed by atoms with Crippen LogP contribution in [0, 0.1) is 5.82 Å². The van der Waals surface area contributed by atoms with Gasteiger partial charge in [-0.1, -0.05) is 0 Å². The molecule has 0 amide bonds. The van der Waals surface area contributed by atoms with E-state index in [4.69, 9.17) is 5.11 Å². The Balaban J connectivity index is 2.69. The number of hydrogen-bond donors (Lipinski definition) is 2. The highest BCUT2D eigenvalue weighted by Gasteiger charge is 2.32. The van der Waals surface area contributed by atoms with Gasteiger partial charge in [-0.05, 0) is 18.2 Å². The molecule has 1 heterocycles. The number of aromatic nitrogens is 1. The summed E-state index contributed by atoms with van der Waals surface area (Å²) in [6.45, 7) is 0. The van der Waals surface area contributed by atoms with Crippen molar-refractivity contribution in [3.05, 3.63) is 35.3 Å². The zero-order valence-corrected chi connectivity index (χ0v) is 8.10. The highest BCUT2D eigenvalue weighted by atomic mass is 19.4. The number of nitrogens with one attached hydrogen (secondary N) is 1. The summed E-state index contributed by atoms with van der Waals surface area (Å²) in [5.74, 6) is -2.48. The lowest BCUT2D eigenvalue weighted by atomic mass is 10.1. The lowest BCUT2D eigenvalue weighted by Crippen LogP contribution is -2.05. The van der Waals surface area contributed by atoms with E-state index in [1.807, 2.05) is 0 Å². The Morgan fingerprint density at radius 2 is 1.88 bits per heavy atom. The predicted molar refractivity (Wildman–Crippen MR) is 50.2 cm³/mol. The van der Waals surface area contributed by atoms with Crippen molar-refractivity contribution in [2.24, 2.45) is 0 Å². The molecule has 0 fully saturated rings. The van der Waals surface area contributed by atoms with Crippen LogP contribution in [0.5, 0.6) is 0 Å². The van der Waals surface area contributed by atoms with Gasteiger partial charge in [-0.2, -0.15) is 13.2 Å². The zero-order valence-electron chi connectivity index (χ0n) is 8.10. The number of alkyl halides is 3. The maximum Gasteiger partial charge on any atom is 0.416 e. The third-order valence-corrected chi connectivity index (χ3v) is 2.25. The van der Waals surface area contributed by atoms with Crippen LogP contribution < -0.4 is 0 Å². The molecule has 0 aliphatic rings. The summed E-state index contributed by atoms with van der Waals surface area (Å²) in [6.07, 6.45) is -4.68. The van der Waals surface area contributed by atoms with Crippen LogP contribution in [-0.2, 0) is 6.18 Å². The minimum absolute atomic E-state index is 0.185. The summed E-state index contributed by atoms with van der Waals surface area (Å²) in [7, 11) is 0. The van der Waals surface area contributed by atoms with Crippen molar-refractivity contribution in [3.8, 4) is 0 Å². The summed E-state index contributed by atoms with van der Waals surface area (Å²) in [5.41, 5.74) is -1.73. The number of fused-ring (bicyclic) bond motifs is 1. The Morgan fingerprint density at radius 3 is 2.41 bits per heavy atom. The average Bonchev–Trinajstić information content (AvgIpc) is 2.60. The number of hydrogen-bond acceptors (Lipinski definition) is 1. The number of carboxylic acid groups (broad SMARTS) is 1. The number of aromatic carboxylic acids is 1. The van der Waals surface area contributed by atoms with Crippen molar-refractivity contribution < 1.29 is 27.5 Å². The first-order valence-corrected chi connectivity index (χ1v) is 4.42. The van der Waals surface area contributed by atoms with Gasteiger partial charge in [-0.25, -0.2) is 9.18 Å². The first-order chi connectivity index (χ1) is 7.79. The van der Waals surface area contributed by atoms with Crippen molar-refractivity contribution in [1.29, 1.82) is 0 Å². The summed E-state index contributed by atoms with van der Waals surface area (Å²) in [6, 6.07) is 1.96. The van der Waals surface area contributed by atoms with Crippen molar-refractivity contribution in [2.45, 2.75) is 6.18 Å². The number of halogens is 4. The molecule has 2 N–H and O–H groups in total. The van der Waals surface area contributed by atoms with Crippen LogP contribution in [0.4, 0.5) is 17.6 Å². The van der Waals surface area contributed by atoms with Gasteiger partial charge in [0.2, 0.25) is 0 Å². The molecule has 0 aliphatic carbocycles. The van der Waals surface area contributed by atoms with E-state index in [0.717, 1.165) is 6.07 Å². The second-order valence-corrected chi connectivity index (χ2v) is 3.41. The van der Waals surface area contributed by atoms with E-state index < -0.39 is 23.5 Å². The first-order valence-electron chi connectivity index (χ1n) is 4.42. The fourth-order valence-electron chi connectivity index (χ4n) is 1.47. The summed E-state index contributed by atoms with van der Waals surface area (Å²) in [5, 5.41) is 8.45. The molecule has 0 aliphatic heterocycles. The third kappa shape index (κ3) is 1.95. The van der Waals surface area contributed by atoms with Gasteiger partial charge in [0.25, 0.3) is 0 Å². The van der Waals surface area contributed by atoms with E-state index >= 15 is 0 Å². The molecule has 2 rings (SSSR count). The highest BCUT2D eigenvalue weighted by Crippen LogP contribution is 2.32. The Bertz CT molecular complexity index is 600. The molecular formula is C10H5F4NO2. The van der Waals surface area contributed by atoms with Gasteiger partial charge in [0.1, 0.15) is 11.5 Å². The zero-order chi connectivity index (χ0) is 12.8. The molecule has 0 spiro atoms. The van der Waals surface area contributed by atoms with Crippen LogP contribution in [-0.4, -0.2) is 16.1 Å². The number of H-pyrrole nitrogens is 1. The Hall–Kier alpha value is -2.05. The van der Waals surface area contributed by atoms with Crippen molar-refractivity contribution in [1.82, 2.24) is 4.98 Å². The molecule has 17 heavy (non-hydrogen) atoms. The maximum atomic E-state index is 13.3. The SMILES string of the molecule is O=C(O)c1cc2c(F)cc(C(F)(F)F)cc2[nH]1. The maximum absolute atomic E-state index is 13.3. The molecule has 0 radical (unpaired) electrons. The number of carboxylic acids is 1. The predicted octanol–water partition coefficient (Wildman–Crippen LogP) is 3.02. The van der Waals surface area contributed by atoms with Gasteiger partial charge in [0.15, 0.2) is 0 Å². The van der Waals surface area contributed by atoms with E-state index in [-0.39, 0.29) is 16.6 Å². The largest absolute Gasteiger partial charge is 0.477 e. The number of aromatic amines is 1. The number of benzene rings is 1. The molecule has 2 aromatic rings. The summed E-state index contributed by atoms with van der Waals surface area (Å²) >= 11 is 0. The van der Waals surface area contributed by atoms with Gasteiger partial charge < -0.3 is 10.1 Å². The minimum Gasteiger partial charge on any atom is -0.477 e. The fraction of sp³-hybridized carbons (Fsp3) is 0.100. The number of rotatable bonds is 1. The second-order valence-electron chi connectivity index (χ2n) is 3.41. The lowest BCUT2D eigenvalue weighted by Gasteiger charge is -2.06. The second kappa shape index (κ2) is 3.47. The monoisotopic (exact) mass is 247 g/mol. The summed E-state index contributed by atoms with van der Waals surface area (Å²) in [4.78, 5) is 12.8. The van der Waals surface area contributed by atoms with E-state index in [0.29, 0.717) is 12.1 Å². The minimum atomic E-state index is -4.68. The standard InChI is InChI=1S/C10H5F4NO2/c11-6-1-4(10(12,13)14)2-7-5(6)3-8(15-7)9(16)17/h1-3,15H,(H,16,17). The summed E-state index contributed by atoms with van der Waals surface area (Å²) < 4.78 is 50.4. The van der Waals surface area contributed by atoms with E-state index in [9.17, 15) is 22.4 Å². The molecule has 0 unspecified atom stereocenters. The van der Waals surface area contributed by atoms with Crippen LogP contribution in [0.1, 0.15) is 16.1 Å². The highest BCUT2D eigenvalue weighted by molar-refractivity contribution is 5.94.